The molecular weight excluding hydrogens is 376 g/mol. The molecule has 28 heavy (non-hydrogen) atoms. The van der Waals surface area contributed by atoms with Crippen LogP contribution in [0.3, 0.4) is 0 Å². The van der Waals surface area contributed by atoms with E-state index >= 15 is 0 Å². The Labute approximate surface area is 165 Å². The second kappa shape index (κ2) is 6.32. The number of benzene rings is 3. The normalized spacial score (nSPS) is 13.4. The van der Waals surface area contributed by atoms with E-state index in [9.17, 15) is 9.59 Å². The van der Waals surface area contributed by atoms with Gasteiger partial charge < -0.3 is 4.42 Å². The average Bonchev–Trinajstić information content (AvgIpc) is 3.23. The van der Waals surface area contributed by atoms with Gasteiger partial charge in [-0.15, -0.1) is 0 Å². The summed E-state index contributed by atoms with van der Waals surface area (Å²) in [5.74, 6) is -0.230. The van der Waals surface area contributed by atoms with E-state index in [0.29, 0.717) is 38.7 Å². The quantitative estimate of drug-likeness (QED) is 0.466. The van der Waals surface area contributed by atoms with Gasteiger partial charge in [0.05, 0.1) is 17.7 Å². The first-order chi connectivity index (χ1) is 13.6. The number of fused-ring (bicyclic) bond motifs is 2. The maximum Gasteiger partial charge on any atom is 0.261 e. The molecule has 0 aliphatic carbocycles. The first kappa shape index (κ1) is 16.7. The summed E-state index contributed by atoms with van der Waals surface area (Å²) >= 11 is 6.00. The lowest BCUT2D eigenvalue weighted by Gasteiger charge is -2.13. The van der Waals surface area contributed by atoms with Gasteiger partial charge in [-0.2, -0.15) is 0 Å². The SMILES string of the molecule is O=C1c2ccc(-c3nc4cc(Cl)ccc4o3)cc2C(=O)N1Cc1ccccc1. The Balaban J connectivity index is 1.51. The van der Waals surface area contributed by atoms with Crippen molar-refractivity contribution in [3.05, 3.63) is 88.4 Å². The fourth-order valence-corrected chi connectivity index (χ4v) is 3.52. The van der Waals surface area contributed by atoms with Crippen molar-refractivity contribution in [3.8, 4) is 11.5 Å². The number of carbonyl (C=O) groups excluding carboxylic acids is 2. The highest BCUT2D eigenvalue weighted by Crippen LogP contribution is 2.31. The Hall–Kier alpha value is -3.44. The highest BCUT2D eigenvalue weighted by molar-refractivity contribution is 6.31. The Morgan fingerprint density at radius 2 is 1.68 bits per heavy atom. The van der Waals surface area contributed by atoms with E-state index in [-0.39, 0.29) is 18.4 Å². The summed E-state index contributed by atoms with van der Waals surface area (Å²) in [5, 5.41) is 0.568. The van der Waals surface area contributed by atoms with Crippen LogP contribution in [-0.4, -0.2) is 21.7 Å². The first-order valence-electron chi connectivity index (χ1n) is 8.71. The Bertz CT molecular complexity index is 1250. The van der Waals surface area contributed by atoms with Crippen molar-refractivity contribution < 1.29 is 14.0 Å². The number of carbonyl (C=O) groups is 2. The Morgan fingerprint density at radius 1 is 0.893 bits per heavy atom. The van der Waals surface area contributed by atoms with Crippen LogP contribution in [0.4, 0.5) is 0 Å². The molecule has 0 bridgehead atoms. The minimum atomic E-state index is -0.315. The van der Waals surface area contributed by atoms with Gasteiger partial charge in [-0.3, -0.25) is 14.5 Å². The van der Waals surface area contributed by atoms with Gasteiger partial charge in [-0.05, 0) is 42.0 Å². The molecule has 4 aromatic rings. The fourth-order valence-electron chi connectivity index (χ4n) is 3.36. The first-order valence-corrected chi connectivity index (χ1v) is 9.08. The van der Waals surface area contributed by atoms with Crippen molar-refractivity contribution in [3.63, 3.8) is 0 Å². The molecule has 0 fully saturated rings. The number of halogens is 1. The molecule has 0 saturated heterocycles. The van der Waals surface area contributed by atoms with Crippen LogP contribution in [0.25, 0.3) is 22.6 Å². The number of amides is 2. The minimum absolute atomic E-state index is 0.240. The molecule has 0 spiro atoms. The molecule has 1 aliphatic heterocycles. The summed E-state index contributed by atoms with van der Waals surface area (Å²) in [5.41, 5.74) is 3.52. The van der Waals surface area contributed by atoms with Gasteiger partial charge in [-0.25, -0.2) is 4.98 Å². The van der Waals surface area contributed by atoms with Crippen LogP contribution < -0.4 is 0 Å². The molecule has 2 amide bonds. The van der Waals surface area contributed by atoms with Gasteiger partial charge in [0, 0.05) is 10.6 Å². The predicted molar refractivity (Wildman–Crippen MR) is 105 cm³/mol. The number of hydrogen-bond acceptors (Lipinski definition) is 4. The van der Waals surface area contributed by atoms with E-state index in [1.165, 1.54) is 4.90 Å². The van der Waals surface area contributed by atoms with Crippen LogP contribution in [0.1, 0.15) is 26.3 Å². The van der Waals surface area contributed by atoms with Crippen molar-refractivity contribution in [2.45, 2.75) is 6.54 Å². The zero-order chi connectivity index (χ0) is 19.3. The van der Waals surface area contributed by atoms with Crippen LogP contribution in [0.5, 0.6) is 0 Å². The van der Waals surface area contributed by atoms with Gasteiger partial charge in [0.15, 0.2) is 5.58 Å². The second-order valence-electron chi connectivity index (χ2n) is 6.57. The largest absolute Gasteiger partial charge is 0.436 e. The van der Waals surface area contributed by atoms with Gasteiger partial charge in [0.25, 0.3) is 11.8 Å². The topological polar surface area (TPSA) is 63.4 Å². The molecule has 2 heterocycles. The summed E-state index contributed by atoms with van der Waals surface area (Å²) < 4.78 is 5.77. The van der Waals surface area contributed by atoms with E-state index < -0.39 is 0 Å². The lowest BCUT2D eigenvalue weighted by molar-refractivity contribution is 0.0642. The van der Waals surface area contributed by atoms with Gasteiger partial charge in [0.1, 0.15) is 5.52 Å². The number of imide groups is 1. The number of nitrogens with zero attached hydrogens (tertiary/aromatic N) is 2. The smallest absolute Gasteiger partial charge is 0.261 e. The van der Waals surface area contributed by atoms with Crippen LogP contribution >= 0.6 is 11.6 Å². The molecule has 0 unspecified atom stereocenters. The fraction of sp³-hybridized carbons (Fsp3) is 0.0455. The standard InChI is InChI=1S/C22H13ClN2O3/c23-15-7-9-19-18(11-15)24-20(28-19)14-6-8-16-17(10-14)22(27)25(21(16)26)12-13-4-2-1-3-5-13/h1-11H,12H2. The number of aromatic nitrogens is 1. The van der Waals surface area contributed by atoms with Crippen molar-refractivity contribution in [2.24, 2.45) is 0 Å². The molecule has 0 saturated carbocycles. The minimum Gasteiger partial charge on any atom is -0.436 e. The molecule has 1 aliphatic rings. The van der Waals surface area contributed by atoms with Crippen LogP contribution in [0.15, 0.2) is 71.1 Å². The van der Waals surface area contributed by atoms with Gasteiger partial charge >= 0.3 is 0 Å². The third kappa shape index (κ3) is 2.68. The molecule has 5 nitrogen and oxygen atoms in total. The summed E-state index contributed by atoms with van der Waals surface area (Å²) in [6, 6.07) is 19.7. The lowest BCUT2D eigenvalue weighted by atomic mass is 10.1. The summed E-state index contributed by atoms with van der Waals surface area (Å²) in [6.07, 6.45) is 0. The highest BCUT2D eigenvalue weighted by Gasteiger charge is 2.35. The molecule has 6 heteroatoms. The molecule has 136 valence electrons. The van der Waals surface area contributed by atoms with Gasteiger partial charge in [-0.1, -0.05) is 41.9 Å². The van der Waals surface area contributed by atoms with Crippen molar-refractivity contribution in [1.29, 1.82) is 0 Å². The zero-order valence-corrected chi connectivity index (χ0v) is 15.3. The number of hydrogen-bond donors (Lipinski definition) is 0. The van der Waals surface area contributed by atoms with E-state index in [4.69, 9.17) is 16.0 Å². The second-order valence-corrected chi connectivity index (χ2v) is 7.01. The maximum atomic E-state index is 12.8. The zero-order valence-electron chi connectivity index (χ0n) is 14.6. The van der Waals surface area contributed by atoms with E-state index in [0.717, 1.165) is 5.56 Å². The molecule has 0 N–H and O–H groups in total. The maximum absolute atomic E-state index is 12.8. The summed E-state index contributed by atoms with van der Waals surface area (Å²) in [7, 11) is 0. The van der Waals surface area contributed by atoms with E-state index in [1.54, 1.807) is 36.4 Å². The predicted octanol–water partition coefficient (Wildman–Crippen LogP) is 4.94. The molecule has 1 aromatic heterocycles. The number of rotatable bonds is 3. The van der Waals surface area contributed by atoms with E-state index in [2.05, 4.69) is 4.98 Å². The molecule has 0 radical (unpaired) electrons. The molecule has 5 rings (SSSR count). The van der Waals surface area contributed by atoms with Crippen LogP contribution in [-0.2, 0) is 6.54 Å². The highest BCUT2D eigenvalue weighted by atomic mass is 35.5. The average molecular weight is 389 g/mol. The molecular formula is C22H13ClN2O3. The van der Waals surface area contributed by atoms with Crippen LogP contribution in [0, 0.1) is 0 Å². The monoisotopic (exact) mass is 388 g/mol. The lowest BCUT2D eigenvalue weighted by Crippen LogP contribution is -2.29. The van der Waals surface area contributed by atoms with Gasteiger partial charge in [0.2, 0.25) is 5.89 Å². The van der Waals surface area contributed by atoms with Crippen molar-refractivity contribution >= 4 is 34.5 Å². The molecule has 3 aromatic carbocycles. The van der Waals surface area contributed by atoms with Crippen molar-refractivity contribution in [2.75, 3.05) is 0 Å². The third-order valence-corrected chi connectivity index (χ3v) is 4.99. The molecule has 0 atom stereocenters. The van der Waals surface area contributed by atoms with Crippen molar-refractivity contribution in [1.82, 2.24) is 9.88 Å². The summed E-state index contributed by atoms with van der Waals surface area (Å²) in [4.78, 5) is 31.2. The Kier molecular flexibility index (Phi) is 3.77. The van der Waals surface area contributed by atoms with E-state index in [1.807, 2.05) is 30.3 Å². The third-order valence-electron chi connectivity index (χ3n) is 4.75. The Morgan fingerprint density at radius 3 is 2.50 bits per heavy atom. The van der Waals surface area contributed by atoms with Crippen LogP contribution in [0.2, 0.25) is 5.02 Å². The summed E-state index contributed by atoms with van der Waals surface area (Å²) in [6.45, 7) is 0.240. The number of oxazole rings is 1.